The smallest absolute Gasteiger partial charge is 0.273 e. The topological polar surface area (TPSA) is 144 Å². The van der Waals surface area contributed by atoms with Crippen LogP contribution in [0.1, 0.15) is 5.56 Å². The fourth-order valence-corrected chi connectivity index (χ4v) is 3.42. The van der Waals surface area contributed by atoms with Gasteiger partial charge < -0.3 is 0 Å². The lowest BCUT2D eigenvalue weighted by molar-refractivity contribution is -0.385. The maximum atomic E-state index is 12.3. The van der Waals surface area contributed by atoms with Gasteiger partial charge in [0, 0.05) is 22.9 Å². The highest BCUT2D eigenvalue weighted by Gasteiger charge is 2.19. The van der Waals surface area contributed by atoms with Crippen molar-refractivity contribution < 1.29 is 13.3 Å². The van der Waals surface area contributed by atoms with Gasteiger partial charge in [-0.2, -0.15) is 5.21 Å². The second kappa shape index (κ2) is 6.65. The van der Waals surface area contributed by atoms with E-state index in [0.717, 1.165) is 0 Å². The van der Waals surface area contributed by atoms with Crippen LogP contribution in [-0.2, 0) is 15.8 Å². The number of aromatic nitrogens is 4. The van der Waals surface area contributed by atoms with Crippen molar-refractivity contribution in [3.8, 4) is 11.4 Å². The van der Waals surface area contributed by atoms with E-state index in [1.54, 1.807) is 30.3 Å². The molecule has 0 aliphatic carbocycles. The molecule has 1 aromatic heterocycles. The summed E-state index contributed by atoms with van der Waals surface area (Å²) in [6.45, 7) is 0. The predicted molar refractivity (Wildman–Crippen MR) is 89.0 cm³/mol. The van der Waals surface area contributed by atoms with Crippen molar-refractivity contribution in [1.82, 2.24) is 20.6 Å². The molecule has 3 aromatic rings. The zero-order chi connectivity index (χ0) is 17.9. The number of nitrogens with one attached hydrogen (secondary N) is 2. The van der Waals surface area contributed by atoms with Gasteiger partial charge in [0.1, 0.15) is 5.75 Å². The van der Waals surface area contributed by atoms with E-state index in [0.29, 0.717) is 17.1 Å². The summed E-state index contributed by atoms with van der Waals surface area (Å²) in [4.78, 5) is 10.4. The van der Waals surface area contributed by atoms with Crippen LogP contribution in [0.4, 0.5) is 11.4 Å². The highest BCUT2D eigenvalue weighted by molar-refractivity contribution is 7.91. The van der Waals surface area contributed by atoms with Gasteiger partial charge in [-0.3, -0.25) is 14.8 Å². The van der Waals surface area contributed by atoms with E-state index in [-0.39, 0.29) is 11.3 Å². The van der Waals surface area contributed by atoms with Gasteiger partial charge >= 0.3 is 0 Å². The second-order valence-corrected chi connectivity index (χ2v) is 6.78. The molecule has 0 bridgehead atoms. The van der Waals surface area contributed by atoms with Crippen molar-refractivity contribution in [1.29, 1.82) is 0 Å². The second-order valence-electron chi connectivity index (χ2n) is 5.06. The van der Waals surface area contributed by atoms with Crippen LogP contribution in [0.15, 0.2) is 48.5 Å². The zero-order valence-electron chi connectivity index (χ0n) is 12.7. The summed E-state index contributed by atoms with van der Waals surface area (Å²) in [5.74, 6) is -0.120. The molecule has 0 spiro atoms. The molecule has 0 atom stereocenters. The van der Waals surface area contributed by atoms with E-state index < -0.39 is 20.7 Å². The third kappa shape index (κ3) is 3.95. The van der Waals surface area contributed by atoms with Crippen LogP contribution in [0.5, 0.6) is 0 Å². The van der Waals surface area contributed by atoms with Crippen LogP contribution in [0.3, 0.4) is 0 Å². The predicted octanol–water partition coefficient (Wildman–Crippen LogP) is 1.72. The van der Waals surface area contributed by atoms with E-state index in [1.165, 1.54) is 18.2 Å². The van der Waals surface area contributed by atoms with Gasteiger partial charge in [0.2, 0.25) is 15.8 Å². The van der Waals surface area contributed by atoms with Crippen molar-refractivity contribution in [3.63, 3.8) is 0 Å². The number of hydrogen-bond donors (Lipinski definition) is 2. The molecule has 0 saturated carbocycles. The first-order valence-electron chi connectivity index (χ1n) is 7.01. The highest BCUT2D eigenvalue weighted by Crippen LogP contribution is 2.22. The van der Waals surface area contributed by atoms with Crippen LogP contribution in [-0.4, -0.2) is 34.0 Å². The molecule has 11 heteroatoms. The van der Waals surface area contributed by atoms with Gasteiger partial charge in [-0.1, -0.05) is 18.2 Å². The summed E-state index contributed by atoms with van der Waals surface area (Å²) in [6.07, 6.45) is 0. The molecule has 0 amide bonds. The Bertz CT molecular complexity index is 986. The molecule has 2 N–H and O–H groups in total. The Labute approximate surface area is 142 Å². The number of tetrazole rings is 1. The number of rotatable bonds is 6. The van der Waals surface area contributed by atoms with E-state index in [9.17, 15) is 18.5 Å². The molecule has 2 aromatic carbocycles. The first-order valence-corrected chi connectivity index (χ1v) is 8.66. The maximum Gasteiger partial charge on any atom is 0.273 e. The number of nitro benzene ring substituents is 1. The largest absolute Gasteiger partial charge is 0.283 e. The Balaban J connectivity index is 1.77. The number of anilines is 1. The quantitative estimate of drug-likeness (QED) is 0.503. The molecular formula is C14H12N6O4S. The van der Waals surface area contributed by atoms with E-state index in [4.69, 9.17) is 0 Å². The van der Waals surface area contributed by atoms with Crippen molar-refractivity contribution in [2.45, 2.75) is 5.75 Å². The fourth-order valence-electron chi connectivity index (χ4n) is 2.20. The first kappa shape index (κ1) is 16.5. The van der Waals surface area contributed by atoms with Crippen molar-refractivity contribution in [2.24, 2.45) is 0 Å². The Kier molecular flexibility index (Phi) is 4.39. The third-order valence-electron chi connectivity index (χ3n) is 3.30. The van der Waals surface area contributed by atoms with Crippen LogP contribution in [0, 0.1) is 10.1 Å². The average molecular weight is 360 g/mol. The Morgan fingerprint density at radius 1 is 1.12 bits per heavy atom. The number of para-hydroxylation sites is 1. The molecule has 1 heterocycles. The number of H-pyrrole nitrogens is 1. The van der Waals surface area contributed by atoms with Crippen molar-refractivity contribution in [3.05, 3.63) is 64.2 Å². The van der Waals surface area contributed by atoms with Gasteiger partial charge in [0.15, 0.2) is 0 Å². The number of sulfonamides is 1. The van der Waals surface area contributed by atoms with E-state index >= 15 is 0 Å². The summed E-state index contributed by atoms with van der Waals surface area (Å²) in [6, 6.07) is 12.1. The summed E-state index contributed by atoms with van der Waals surface area (Å²) in [5, 5.41) is 24.4. The van der Waals surface area contributed by atoms with E-state index in [2.05, 4.69) is 25.3 Å². The number of nitro groups is 1. The van der Waals surface area contributed by atoms with Gasteiger partial charge in [-0.05, 0) is 29.5 Å². The maximum absolute atomic E-state index is 12.3. The summed E-state index contributed by atoms with van der Waals surface area (Å²) < 4.78 is 27.0. The lowest BCUT2D eigenvalue weighted by Crippen LogP contribution is -2.15. The lowest BCUT2D eigenvalue weighted by atomic mass is 10.2. The Morgan fingerprint density at radius 3 is 2.48 bits per heavy atom. The summed E-state index contributed by atoms with van der Waals surface area (Å²) in [7, 11) is -3.81. The Hall–Kier alpha value is -3.34. The van der Waals surface area contributed by atoms with Gasteiger partial charge in [-0.15, -0.1) is 10.2 Å². The molecule has 25 heavy (non-hydrogen) atoms. The molecule has 128 valence electrons. The van der Waals surface area contributed by atoms with Crippen molar-refractivity contribution >= 4 is 21.4 Å². The number of benzene rings is 2. The lowest BCUT2D eigenvalue weighted by Gasteiger charge is -2.08. The molecule has 0 aliphatic rings. The molecule has 10 nitrogen and oxygen atoms in total. The van der Waals surface area contributed by atoms with Crippen LogP contribution in [0.25, 0.3) is 11.4 Å². The third-order valence-corrected chi connectivity index (χ3v) is 4.53. The average Bonchev–Trinajstić information content (AvgIpc) is 3.09. The highest BCUT2D eigenvalue weighted by atomic mass is 32.2. The molecule has 0 fully saturated rings. The summed E-state index contributed by atoms with van der Waals surface area (Å²) in [5.41, 5.74) is 0.866. The Morgan fingerprint density at radius 2 is 1.84 bits per heavy atom. The molecular weight excluding hydrogens is 348 g/mol. The van der Waals surface area contributed by atoms with Crippen LogP contribution in [0.2, 0.25) is 0 Å². The van der Waals surface area contributed by atoms with Crippen LogP contribution >= 0.6 is 0 Å². The number of hydrogen-bond acceptors (Lipinski definition) is 7. The fraction of sp³-hybridized carbons (Fsp3) is 0.0714. The normalized spacial score (nSPS) is 11.2. The standard InChI is InChI=1S/C14H12N6O4S/c21-20(22)13-4-2-1-3-11(13)9-25(23,24)17-12-7-5-10(6-8-12)14-15-18-19-16-14/h1-8,17H,9H2,(H,15,16,18,19). The van der Waals surface area contributed by atoms with Crippen LogP contribution < -0.4 is 4.72 Å². The SMILES string of the molecule is O=[N+]([O-])c1ccccc1CS(=O)(=O)Nc1ccc(-c2nn[nH]n2)cc1. The first-order chi connectivity index (χ1) is 11.9. The van der Waals surface area contributed by atoms with Gasteiger partial charge in [0.05, 0.1) is 4.92 Å². The van der Waals surface area contributed by atoms with E-state index in [1.807, 2.05) is 0 Å². The number of nitrogens with zero attached hydrogens (tertiary/aromatic N) is 4. The molecule has 0 saturated heterocycles. The monoisotopic (exact) mass is 360 g/mol. The molecule has 0 unspecified atom stereocenters. The minimum Gasteiger partial charge on any atom is -0.283 e. The molecule has 3 rings (SSSR count). The molecule has 0 radical (unpaired) electrons. The zero-order valence-corrected chi connectivity index (χ0v) is 13.5. The van der Waals surface area contributed by atoms with Gasteiger partial charge in [0.25, 0.3) is 5.69 Å². The number of aromatic amines is 1. The summed E-state index contributed by atoms with van der Waals surface area (Å²) >= 11 is 0. The molecule has 0 aliphatic heterocycles. The van der Waals surface area contributed by atoms with Gasteiger partial charge in [-0.25, -0.2) is 8.42 Å². The minimum absolute atomic E-state index is 0.114. The minimum atomic E-state index is -3.81. The van der Waals surface area contributed by atoms with Crippen molar-refractivity contribution in [2.75, 3.05) is 4.72 Å².